The highest BCUT2D eigenvalue weighted by Gasteiger charge is 2.20. The van der Waals surface area contributed by atoms with Gasteiger partial charge < -0.3 is 15.2 Å². The van der Waals surface area contributed by atoms with E-state index in [1.54, 1.807) is 12.1 Å². The first-order chi connectivity index (χ1) is 11.3. The number of phenols is 1. The summed E-state index contributed by atoms with van der Waals surface area (Å²) in [6.07, 6.45) is 0.744. The molecule has 2 aromatic carbocycles. The van der Waals surface area contributed by atoms with Crippen LogP contribution < -0.4 is 5.32 Å². The molecule has 0 radical (unpaired) electrons. The fourth-order valence-electron chi connectivity index (χ4n) is 2.50. The van der Waals surface area contributed by atoms with E-state index in [0.29, 0.717) is 12.8 Å². The Bertz CT molecular complexity index is 662. The fourth-order valence-corrected chi connectivity index (χ4v) is 2.50. The molecule has 0 saturated heterocycles. The van der Waals surface area contributed by atoms with Gasteiger partial charge in [0.05, 0.1) is 0 Å². The van der Waals surface area contributed by atoms with E-state index in [2.05, 4.69) is 5.32 Å². The van der Waals surface area contributed by atoms with Crippen LogP contribution in [0, 0.1) is 0 Å². The largest absolute Gasteiger partial charge is 0.508 e. The highest BCUT2D eigenvalue weighted by molar-refractivity contribution is 5.68. The van der Waals surface area contributed by atoms with Gasteiger partial charge in [-0.05, 0) is 50.8 Å². The maximum atomic E-state index is 12.1. The predicted molar refractivity (Wildman–Crippen MR) is 95.1 cm³/mol. The minimum Gasteiger partial charge on any atom is -0.508 e. The van der Waals surface area contributed by atoms with Gasteiger partial charge in [0.1, 0.15) is 11.4 Å². The molecule has 1 amide bonds. The maximum absolute atomic E-state index is 12.1. The zero-order valence-electron chi connectivity index (χ0n) is 14.5. The van der Waals surface area contributed by atoms with E-state index in [1.807, 2.05) is 63.2 Å². The standard InChI is InChI=1S/C20H25NO3/c1-20(2,3)24-19(23)21-17(13-15-9-5-4-6-10-15)14-16-11-7-8-12-18(16)22/h4-12,17,22H,13-14H2,1-3H3,(H,21,23)/t17-/m1/s1. The second kappa shape index (κ2) is 7.86. The highest BCUT2D eigenvalue weighted by Crippen LogP contribution is 2.19. The van der Waals surface area contributed by atoms with E-state index in [1.165, 1.54) is 0 Å². The monoisotopic (exact) mass is 327 g/mol. The van der Waals surface area contributed by atoms with Crippen LogP contribution in [0.15, 0.2) is 54.6 Å². The number of rotatable bonds is 5. The summed E-state index contributed by atoms with van der Waals surface area (Å²) in [6, 6.07) is 17.0. The zero-order chi connectivity index (χ0) is 17.6. The normalized spacial score (nSPS) is 12.5. The Morgan fingerprint density at radius 2 is 1.67 bits per heavy atom. The van der Waals surface area contributed by atoms with Crippen molar-refractivity contribution in [3.05, 3.63) is 65.7 Å². The van der Waals surface area contributed by atoms with Crippen LogP contribution in [0.3, 0.4) is 0 Å². The van der Waals surface area contributed by atoms with E-state index in [4.69, 9.17) is 4.74 Å². The molecule has 0 heterocycles. The van der Waals surface area contributed by atoms with Gasteiger partial charge in [0.25, 0.3) is 0 Å². The van der Waals surface area contributed by atoms with Gasteiger partial charge in [-0.15, -0.1) is 0 Å². The van der Waals surface area contributed by atoms with Crippen molar-refractivity contribution in [2.75, 3.05) is 0 Å². The van der Waals surface area contributed by atoms with Gasteiger partial charge in [0.2, 0.25) is 0 Å². The maximum Gasteiger partial charge on any atom is 0.407 e. The average molecular weight is 327 g/mol. The summed E-state index contributed by atoms with van der Waals surface area (Å²) in [5.74, 6) is 0.238. The number of alkyl carbamates (subject to hydrolysis) is 1. The Balaban J connectivity index is 2.12. The summed E-state index contributed by atoms with van der Waals surface area (Å²) >= 11 is 0. The van der Waals surface area contributed by atoms with Crippen LogP contribution in [0.1, 0.15) is 31.9 Å². The van der Waals surface area contributed by atoms with Crippen LogP contribution in [0.4, 0.5) is 4.79 Å². The Labute approximate surface area is 143 Å². The number of hydrogen-bond donors (Lipinski definition) is 2. The third kappa shape index (κ3) is 5.95. The van der Waals surface area contributed by atoms with E-state index in [9.17, 15) is 9.90 Å². The molecule has 128 valence electrons. The summed E-state index contributed by atoms with van der Waals surface area (Å²) in [5, 5.41) is 12.9. The molecule has 1 atom stereocenters. The Hall–Kier alpha value is -2.49. The van der Waals surface area contributed by atoms with E-state index >= 15 is 0 Å². The molecular weight excluding hydrogens is 302 g/mol. The van der Waals surface area contributed by atoms with Crippen molar-refractivity contribution in [3.63, 3.8) is 0 Å². The average Bonchev–Trinajstić information content (AvgIpc) is 2.48. The molecule has 2 rings (SSSR count). The molecule has 0 saturated carbocycles. The van der Waals surface area contributed by atoms with Gasteiger partial charge in [0.15, 0.2) is 0 Å². The summed E-state index contributed by atoms with van der Waals surface area (Å²) in [7, 11) is 0. The van der Waals surface area contributed by atoms with Crippen LogP contribution in [0.5, 0.6) is 5.75 Å². The predicted octanol–water partition coefficient (Wildman–Crippen LogP) is 4.07. The summed E-state index contributed by atoms with van der Waals surface area (Å²) in [6.45, 7) is 5.51. The summed E-state index contributed by atoms with van der Waals surface area (Å²) in [5.41, 5.74) is 1.37. The number of amides is 1. The molecule has 0 aliphatic rings. The lowest BCUT2D eigenvalue weighted by molar-refractivity contribution is 0.0504. The van der Waals surface area contributed by atoms with Gasteiger partial charge in [-0.2, -0.15) is 0 Å². The molecular formula is C20H25NO3. The van der Waals surface area contributed by atoms with Gasteiger partial charge in [0, 0.05) is 6.04 Å². The van der Waals surface area contributed by atoms with Crippen LogP contribution in [-0.2, 0) is 17.6 Å². The van der Waals surface area contributed by atoms with Crippen LogP contribution >= 0.6 is 0 Å². The summed E-state index contributed by atoms with van der Waals surface area (Å²) < 4.78 is 5.36. The van der Waals surface area contributed by atoms with Crippen molar-refractivity contribution in [1.29, 1.82) is 0 Å². The van der Waals surface area contributed by atoms with Crippen LogP contribution in [0.25, 0.3) is 0 Å². The van der Waals surface area contributed by atoms with E-state index in [-0.39, 0.29) is 11.8 Å². The topological polar surface area (TPSA) is 58.6 Å². The quantitative estimate of drug-likeness (QED) is 0.870. The molecule has 0 aromatic heterocycles. The summed E-state index contributed by atoms with van der Waals surface area (Å²) in [4.78, 5) is 12.1. The van der Waals surface area contributed by atoms with Crippen molar-refractivity contribution in [2.24, 2.45) is 0 Å². The van der Waals surface area contributed by atoms with E-state index < -0.39 is 11.7 Å². The van der Waals surface area contributed by atoms with Crippen molar-refractivity contribution in [2.45, 2.75) is 45.3 Å². The number of benzene rings is 2. The number of ether oxygens (including phenoxy) is 1. The second-order valence-electron chi connectivity index (χ2n) is 6.87. The van der Waals surface area contributed by atoms with Gasteiger partial charge >= 0.3 is 6.09 Å². The molecule has 0 aliphatic carbocycles. The Morgan fingerprint density at radius 1 is 1.04 bits per heavy atom. The number of nitrogens with one attached hydrogen (secondary N) is 1. The number of aromatic hydroxyl groups is 1. The van der Waals surface area contributed by atoms with Crippen LogP contribution in [-0.4, -0.2) is 22.8 Å². The third-order valence-corrected chi connectivity index (χ3v) is 3.50. The highest BCUT2D eigenvalue weighted by atomic mass is 16.6. The zero-order valence-corrected chi connectivity index (χ0v) is 14.5. The molecule has 4 nitrogen and oxygen atoms in total. The molecule has 0 unspecified atom stereocenters. The molecule has 0 bridgehead atoms. The van der Waals surface area contributed by atoms with Gasteiger partial charge in [-0.1, -0.05) is 48.5 Å². The van der Waals surface area contributed by atoms with Crippen molar-refractivity contribution in [3.8, 4) is 5.75 Å². The SMILES string of the molecule is CC(C)(C)OC(=O)N[C@H](Cc1ccccc1)Cc1ccccc1O. The van der Waals surface area contributed by atoms with Crippen molar-refractivity contribution >= 4 is 6.09 Å². The van der Waals surface area contributed by atoms with E-state index in [0.717, 1.165) is 11.1 Å². The molecule has 0 spiro atoms. The van der Waals surface area contributed by atoms with Gasteiger partial charge in [-0.25, -0.2) is 4.79 Å². The fraction of sp³-hybridized carbons (Fsp3) is 0.350. The first-order valence-corrected chi connectivity index (χ1v) is 8.14. The van der Waals surface area contributed by atoms with Gasteiger partial charge in [-0.3, -0.25) is 0 Å². The first-order valence-electron chi connectivity index (χ1n) is 8.14. The van der Waals surface area contributed by atoms with Crippen molar-refractivity contribution < 1.29 is 14.6 Å². The number of carbonyl (C=O) groups excluding carboxylic acids is 1. The molecule has 24 heavy (non-hydrogen) atoms. The third-order valence-electron chi connectivity index (χ3n) is 3.50. The lowest BCUT2D eigenvalue weighted by Crippen LogP contribution is -2.41. The molecule has 2 N–H and O–H groups in total. The second-order valence-corrected chi connectivity index (χ2v) is 6.87. The number of hydrogen-bond acceptors (Lipinski definition) is 3. The Morgan fingerprint density at radius 3 is 2.29 bits per heavy atom. The number of phenolic OH excluding ortho intramolecular Hbond substituents is 1. The molecule has 2 aromatic rings. The smallest absolute Gasteiger partial charge is 0.407 e. The lowest BCUT2D eigenvalue weighted by Gasteiger charge is -2.24. The van der Waals surface area contributed by atoms with Crippen molar-refractivity contribution in [1.82, 2.24) is 5.32 Å². The van der Waals surface area contributed by atoms with Crippen LogP contribution in [0.2, 0.25) is 0 Å². The molecule has 4 heteroatoms. The minimum atomic E-state index is -0.545. The number of para-hydroxylation sites is 1. The first kappa shape index (κ1) is 17.9. The molecule has 0 aliphatic heterocycles. The lowest BCUT2D eigenvalue weighted by atomic mass is 9.98. The minimum absolute atomic E-state index is 0.171. The molecule has 0 fully saturated rings. The Kier molecular flexibility index (Phi) is 5.85. The number of carbonyl (C=O) groups is 1.